The zero-order valence-corrected chi connectivity index (χ0v) is 10.2. The first-order valence-electron chi connectivity index (χ1n) is 5.65. The fourth-order valence-electron chi connectivity index (χ4n) is 1.28. The Bertz CT molecular complexity index is 250. The highest BCUT2D eigenvalue weighted by atomic mass is 16.4. The predicted molar refractivity (Wildman–Crippen MR) is 61.9 cm³/mol. The van der Waals surface area contributed by atoms with Gasteiger partial charge in [0.05, 0.1) is 5.41 Å². The van der Waals surface area contributed by atoms with Crippen LogP contribution in [0, 0.1) is 5.41 Å². The molecule has 0 radical (unpaired) electrons. The Labute approximate surface area is 96.4 Å². The lowest BCUT2D eigenvalue weighted by molar-refractivity contribution is -0.143. The second kappa shape index (κ2) is 6.48. The molecule has 2 atom stereocenters. The lowest BCUT2D eigenvalue weighted by Crippen LogP contribution is -2.49. The number of nitrogens with one attached hydrogen (secondary N) is 1. The highest BCUT2D eigenvalue weighted by Crippen LogP contribution is 2.19. The minimum Gasteiger partial charge on any atom is -0.480 e. The zero-order valence-electron chi connectivity index (χ0n) is 10.2. The summed E-state index contributed by atoms with van der Waals surface area (Å²) in [6, 6.07) is -0.810. The number of carboxylic acids is 1. The fourth-order valence-corrected chi connectivity index (χ4v) is 1.28. The van der Waals surface area contributed by atoms with Gasteiger partial charge in [-0.15, -0.1) is 0 Å². The van der Waals surface area contributed by atoms with Crippen molar-refractivity contribution >= 4 is 11.9 Å². The van der Waals surface area contributed by atoms with Crippen molar-refractivity contribution in [2.24, 2.45) is 11.1 Å². The number of amides is 1. The van der Waals surface area contributed by atoms with Crippen LogP contribution in [0.3, 0.4) is 0 Å². The molecule has 1 amide bonds. The molecule has 0 fully saturated rings. The molecule has 0 aromatic heterocycles. The van der Waals surface area contributed by atoms with Crippen LogP contribution >= 0.6 is 0 Å². The standard InChI is InChI=1S/C11H22N2O3/c1-4-6-8(9(14)15)13-10(16)11(3,5-2)7-12/h8H,4-7,12H2,1-3H3,(H,13,16)(H,14,15). The minimum absolute atomic E-state index is 0.216. The first-order chi connectivity index (χ1) is 7.41. The van der Waals surface area contributed by atoms with E-state index in [2.05, 4.69) is 5.32 Å². The Morgan fingerprint density at radius 1 is 1.44 bits per heavy atom. The molecule has 94 valence electrons. The van der Waals surface area contributed by atoms with Gasteiger partial charge in [0.2, 0.25) is 5.91 Å². The van der Waals surface area contributed by atoms with Gasteiger partial charge in [-0.1, -0.05) is 20.3 Å². The van der Waals surface area contributed by atoms with Crippen LogP contribution in [0.5, 0.6) is 0 Å². The maximum absolute atomic E-state index is 11.9. The average molecular weight is 230 g/mol. The van der Waals surface area contributed by atoms with Gasteiger partial charge < -0.3 is 16.2 Å². The monoisotopic (exact) mass is 230 g/mol. The molecule has 0 aliphatic carbocycles. The average Bonchev–Trinajstić information content (AvgIpc) is 2.26. The largest absolute Gasteiger partial charge is 0.480 e. The number of carboxylic acid groups (broad SMARTS) is 1. The van der Waals surface area contributed by atoms with Crippen LogP contribution in [-0.4, -0.2) is 29.6 Å². The molecule has 0 aliphatic heterocycles. The van der Waals surface area contributed by atoms with Crippen LogP contribution in [0.4, 0.5) is 0 Å². The highest BCUT2D eigenvalue weighted by Gasteiger charge is 2.32. The Kier molecular flexibility index (Phi) is 6.03. The molecule has 0 bridgehead atoms. The summed E-state index contributed by atoms with van der Waals surface area (Å²) in [5, 5.41) is 11.5. The summed E-state index contributed by atoms with van der Waals surface area (Å²) >= 11 is 0. The second-order valence-corrected chi connectivity index (χ2v) is 4.27. The maximum Gasteiger partial charge on any atom is 0.326 e. The molecular weight excluding hydrogens is 208 g/mol. The van der Waals surface area contributed by atoms with Gasteiger partial charge in [0.25, 0.3) is 0 Å². The molecule has 4 N–H and O–H groups in total. The van der Waals surface area contributed by atoms with E-state index >= 15 is 0 Å². The van der Waals surface area contributed by atoms with Crippen LogP contribution in [0.2, 0.25) is 0 Å². The molecule has 0 aromatic carbocycles. The van der Waals surface area contributed by atoms with Crippen molar-refractivity contribution in [3.8, 4) is 0 Å². The van der Waals surface area contributed by atoms with Gasteiger partial charge in [0, 0.05) is 6.54 Å². The first-order valence-corrected chi connectivity index (χ1v) is 5.65. The van der Waals surface area contributed by atoms with E-state index in [1.165, 1.54) is 0 Å². The number of hydrogen-bond donors (Lipinski definition) is 3. The number of carbonyl (C=O) groups excluding carboxylic acids is 1. The lowest BCUT2D eigenvalue weighted by atomic mass is 9.86. The molecule has 0 saturated heterocycles. The number of aliphatic carboxylic acids is 1. The molecule has 0 aliphatic rings. The molecule has 16 heavy (non-hydrogen) atoms. The van der Waals surface area contributed by atoms with Crippen LogP contribution in [-0.2, 0) is 9.59 Å². The summed E-state index contributed by atoms with van der Waals surface area (Å²) in [7, 11) is 0. The van der Waals surface area contributed by atoms with E-state index in [4.69, 9.17) is 10.8 Å². The number of rotatable bonds is 7. The zero-order chi connectivity index (χ0) is 12.8. The van der Waals surface area contributed by atoms with E-state index in [-0.39, 0.29) is 12.5 Å². The van der Waals surface area contributed by atoms with Crippen molar-refractivity contribution in [3.63, 3.8) is 0 Å². The molecule has 0 saturated carbocycles. The summed E-state index contributed by atoms with van der Waals surface area (Å²) < 4.78 is 0. The summed E-state index contributed by atoms with van der Waals surface area (Å²) in [4.78, 5) is 22.7. The van der Waals surface area contributed by atoms with E-state index in [1.54, 1.807) is 6.92 Å². The molecule has 0 heterocycles. The van der Waals surface area contributed by atoms with Crippen molar-refractivity contribution < 1.29 is 14.7 Å². The van der Waals surface area contributed by atoms with Crippen molar-refractivity contribution in [2.75, 3.05) is 6.54 Å². The first kappa shape index (κ1) is 14.9. The van der Waals surface area contributed by atoms with Crippen LogP contribution < -0.4 is 11.1 Å². The van der Waals surface area contributed by atoms with Crippen molar-refractivity contribution in [2.45, 2.75) is 46.1 Å². The van der Waals surface area contributed by atoms with E-state index in [9.17, 15) is 9.59 Å². The molecular formula is C11H22N2O3. The van der Waals surface area contributed by atoms with Crippen molar-refractivity contribution in [3.05, 3.63) is 0 Å². The topological polar surface area (TPSA) is 92.4 Å². The van der Waals surface area contributed by atoms with Gasteiger partial charge in [-0.3, -0.25) is 4.79 Å². The molecule has 0 rings (SSSR count). The highest BCUT2D eigenvalue weighted by molar-refractivity contribution is 5.87. The molecule has 0 aromatic rings. The van der Waals surface area contributed by atoms with Crippen molar-refractivity contribution in [1.82, 2.24) is 5.32 Å². The smallest absolute Gasteiger partial charge is 0.326 e. The van der Waals surface area contributed by atoms with Crippen LogP contribution in [0.25, 0.3) is 0 Å². The number of hydrogen-bond acceptors (Lipinski definition) is 3. The fraction of sp³-hybridized carbons (Fsp3) is 0.818. The Hall–Kier alpha value is -1.10. The Morgan fingerprint density at radius 3 is 2.31 bits per heavy atom. The van der Waals surface area contributed by atoms with E-state index in [0.717, 1.165) is 0 Å². The van der Waals surface area contributed by atoms with E-state index in [1.807, 2.05) is 13.8 Å². The summed E-state index contributed by atoms with van der Waals surface area (Å²) in [5.41, 5.74) is 4.86. The Morgan fingerprint density at radius 2 is 2.00 bits per heavy atom. The van der Waals surface area contributed by atoms with Gasteiger partial charge in [-0.05, 0) is 19.8 Å². The quantitative estimate of drug-likeness (QED) is 0.601. The van der Waals surface area contributed by atoms with Crippen molar-refractivity contribution in [1.29, 1.82) is 0 Å². The molecule has 5 heteroatoms. The van der Waals surface area contributed by atoms with Gasteiger partial charge in [0.15, 0.2) is 0 Å². The Balaban J connectivity index is 4.56. The van der Waals surface area contributed by atoms with Crippen LogP contribution in [0.15, 0.2) is 0 Å². The van der Waals surface area contributed by atoms with E-state index in [0.29, 0.717) is 19.3 Å². The third kappa shape index (κ3) is 3.81. The summed E-state index contributed by atoms with van der Waals surface area (Å²) in [5.74, 6) is -1.27. The third-order valence-electron chi connectivity index (χ3n) is 2.96. The van der Waals surface area contributed by atoms with Gasteiger partial charge >= 0.3 is 5.97 Å². The number of nitrogens with two attached hydrogens (primary N) is 1. The summed E-state index contributed by atoms with van der Waals surface area (Å²) in [6.07, 6.45) is 1.74. The van der Waals surface area contributed by atoms with Gasteiger partial charge in [-0.25, -0.2) is 4.79 Å². The molecule has 5 nitrogen and oxygen atoms in total. The van der Waals surface area contributed by atoms with E-state index < -0.39 is 17.4 Å². The lowest BCUT2D eigenvalue weighted by Gasteiger charge is -2.27. The molecule has 2 unspecified atom stereocenters. The number of carbonyl (C=O) groups is 2. The van der Waals surface area contributed by atoms with Gasteiger partial charge in [-0.2, -0.15) is 0 Å². The predicted octanol–water partition coefficient (Wildman–Crippen LogP) is 0.731. The minimum atomic E-state index is -0.995. The SMILES string of the molecule is CCCC(NC(=O)C(C)(CC)CN)C(=O)O. The molecule has 0 spiro atoms. The van der Waals surface area contributed by atoms with Gasteiger partial charge in [0.1, 0.15) is 6.04 Å². The summed E-state index contributed by atoms with van der Waals surface area (Å²) in [6.45, 7) is 5.70. The van der Waals surface area contributed by atoms with Crippen LogP contribution in [0.1, 0.15) is 40.0 Å². The third-order valence-corrected chi connectivity index (χ3v) is 2.96. The second-order valence-electron chi connectivity index (χ2n) is 4.27. The normalized spacial score (nSPS) is 16.2. The maximum atomic E-state index is 11.9.